The van der Waals surface area contributed by atoms with Gasteiger partial charge < -0.3 is 4.74 Å². The highest BCUT2D eigenvalue weighted by Crippen LogP contribution is 1.99. The van der Waals surface area contributed by atoms with Gasteiger partial charge in [-0.15, -0.1) is 0 Å². The maximum absolute atomic E-state index is 10.3. The van der Waals surface area contributed by atoms with Gasteiger partial charge in [-0.25, -0.2) is 0 Å². The number of carbonyl (C=O) groups is 2. The molecule has 0 rings (SSSR count). The minimum absolute atomic E-state index is 0.0691. The molecule has 0 bridgehead atoms. The predicted octanol–water partition coefficient (Wildman–Crippen LogP) is 0.439. The summed E-state index contributed by atoms with van der Waals surface area (Å²) in [6.07, 6.45) is 0. The third-order valence-electron chi connectivity index (χ3n) is 0.621. The van der Waals surface area contributed by atoms with Gasteiger partial charge in [-0.1, -0.05) is 11.8 Å². The van der Waals surface area contributed by atoms with E-state index in [4.69, 9.17) is 0 Å². The Morgan fingerprint density at radius 1 is 1.56 bits per heavy atom. The smallest absolute Gasteiger partial charge is 0.316 e. The Kier molecular flexibility index (Phi) is 4.13. The van der Waals surface area contributed by atoms with Crippen molar-refractivity contribution in [3.63, 3.8) is 0 Å². The third-order valence-corrected chi connectivity index (χ3v) is 1.41. The van der Waals surface area contributed by atoms with Crippen LogP contribution in [0.15, 0.2) is 0 Å². The van der Waals surface area contributed by atoms with Gasteiger partial charge in [0.05, 0.1) is 12.9 Å². The summed E-state index contributed by atoms with van der Waals surface area (Å²) in [5, 5.41) is -0.0691. The SMILES string of the molecule is COC(=O)CSC(C)=O. The molecule has 0 radical (unpaired) electrons. The minimum atomic E-state index is -0.366. The molecule has 0 aliphatic rings. The van der Waals surface area contributed by atoms with Crippen LogP contribution in [0.5, 0.6) is 0 Å². The fourth-order valence-electron chi connectivity index (χ4n) is 0.219. The van der Waals surface area contributed by atoms with Crippen molar-refractivity contribution in [3.8, 4) is 0 Å². The van der Waals surface area contributed by atoms with E-state index in [0.29, 0.717) is 0 Å². The molecule has 0 saturated carbocycles. The quantitative estimate of drug-likeness (QED) is 0.533. The van der Waals surface area contributed by atoms with Gasteiger partial charge in [-0.2, -0.15) is 0 Å². The van der Waals surface area contributed by atoms with Gasteiger partial charge in [0.2, 0.25) is 0 Å². The molecule has 0 fully saturated rings. The van der Waals surface area contributed by atoms with Crippen molar-refractivity contribution in [1.82, 2.24) is 0 Å². The van der Waals surface area contributed by atoms with Crippen molar-refractivity contribution in [2.45, 2.75) is 6.92 Å². The van der Waals surface area contributed by atoms with Gasteiger partial charge >= 0.3 is 5.97 Å². The molecule has 0 aromatic carbocycles. The summed E-state index contributed by atoms with van der Waals surface area (Å²) in [5.41, 5.74) is 0. The lowest BCUT2D eigenvalue weighted by atomic mass is 10.8. The molecular weight excluding hydrogens is 140 g/mol. The third kappa shape index (κ3) is 5.36. The molecule has 0 unspecified atom stereocenters. The summed E-state index contributed by atoms with van der Waals surface area (Å²) in [6, 6.07) is 0. The van der Waals surface area contributed by atoms with Gasteiger partial charge in [0.15, 0.2) is 5.12 Å². The van der Waals surface area contributed by atoms with E-state index in [9.17, 15) is 9.59 Å². The Morgan fingerprint density at radius 2 is 2.11 bits per heavy atom. The van der Waals surface area contributed by atoms with E-state index in [-0.39, 0.29) is 16.8 Å². The molecule has 0 aliphatic carbocycles. The summed E-state index contributed by atoms with van der Waals surface area (Å²) < 4.78 is 4.29. The maximum atomic E-state index is 10.3. The first-order valence-electron chi connectivity index (χ1n) is 2.37. The minimum Gasteiger partial charge on any atom is -0.468 e. The van der Waals surface area contributed by atoms with Gasteiger partial charge in [0, 0.05) is 6.92 Å². The van der Waals surface area contributed by atoms with Crippen molar-refractivity contribution in [2.75, 3.05) is 12.9 Å². The Balaban J connectivity index is 3.28. The second-order valence-corrected chi connectivity index (χ2v) is 2.51. The molecule has 52 valence electrons. The number of hydrogen-bond acceptors (Lipinski definition) is 4. The van der Waals surface area contributed by atoms with Crippen molar-refractivity contribution in [2.24, 2.45) is 0 Å². The molecule has 3 nitrogen and oxygen atoms in total. The topological polar surface area (TPSA) is 43.4 Å². The number of hydrogen-bond donors (Lipinski definition) is 0. The van der Waals surface area contributed by atoms with E-state index in [1.54, 1.807) is 0 Å². The van der Waals surface area contributed by atoms with Gasteiger partial charge in [0.25, 0.3) is 0 Å². The number of ether oxygens (including phenoxy) is 1. The largest absolute Gasteiger partial charge is 0.468 e. The van der Waals surface area contributed by atoms with Crippen molar-refractivity contribution < 1.29 is 14.3 Å². The molecule has 0 aliphatic heterocycles. The van der Waals surface area contributed by atoms with Crippen LogP contribution in [0.2, 0.25) is 0 Å². The van der Waals surface area contributed by atoms with E-state index in [1.807, 2.05) is 0 Å². The average Bonchev–Trinajstić information content (AvgIpc) is 1.83. The molecule has 4 heteroatoms. The molecule has 0 aromatic heterocycles. The fourth-order valence-corrected chi connectivity index (χ4v) is 0.658. The zero-order valence-corrected chi connectivity index (χ0v) is 6.16. The van der Waals surface area contributed by atoms with Gasteiger partial charge in [-0.3, -0.25) is 9.59 Å². The van der Waals surface area contributed by atoms with E-state index in [1.165, 1.54) is 14.0 Å². The Bertz CT molecular complexity index is 121. The van der Waals surface area contributed by atoms with Crippen molar-refractivity contribution in [3.05, 3.63) is 0 Å². The zero-order chi connectivity index (χ0) is 7.28. The second-order valence-electron chi connectivity index (χ2n) is 1.36. The lowest BCUT2D eigenvalue weighted by Gasteiger charge is -1.93. The summed E-state index contributed by atoms with van der Waals surface area (Å²) >= 11 is 0.951. The molecule has 0 spiro atoms. The lowest BCUT2D eigenvalue weighted by Crippen LogP contribution is -2.04. The Morgan fingerprint density at radius 3 is 2.44 bits per heavy atom. The van der Waals surface area contributed by atoms with Crippen LogP contribution < -0.4 is 0 Å². The van der Waals surface area contributed by atoms with Crippen LogP contribution in [0, 0.1) is 0 Å². The molecule has 9 heavy (non-hydrogen) atoms. The number of methoxy groups -OCH3 is 1. The predicted molar refractivity (Wildman–Crippen MR) is 35.2 cm³/mol. The molecule has 0 atom stereocenters. The molecule has 0 amide bonds. The highest BCUT2D eigenvalue weighted by Gasteiger charge is 2.01. The van der Waals surface area contributed by atoms with E-state index >= 15 is 0 Å². The van der Waals surface area contributed by atoms with Crippen LogP contribution >= 0.6 is 11.8 Å². The number of esters is 1. The zero-order valence-electron chi connectivity index (χ0n) is 5.34. The van der Waals surface area contributed by atoms with E-state index < -0.39 is 0 Å². The highest BCUT2D eigenvalue weighted by molar-refractivity contribution is 8.14. The van der Waals surface area contributed by atoms with Crippen LogP contribution in [0.4, 0.5) is 0 Å². The van der Waals surface area contributed by atoms with Crippen LogP contribution in [-0.2, 0) is 14.3 Å². The van der Waals surface area contributed by atoms with E-state index in [0.717, 1.165) is 11.8 Å². The highest BCUT2D eigenvalue weighted by atomic mass is 32.2. The van der Waals surface area contributed by atoms with Gasteiger partial charge in [0.1, 0.15) is 0 Å². The monoisotopic (exact) mass is 148 g/mol. The molecule has 0 aromatic rings. The summed E-state index contributed by atoms with van der Waals surface area (Å²) in [7, 11) is 1.29. The Labute approximate surface area is 57.8 Å². The van der Waals surface area contributed by atoms with Crippen LogP contribution in [0.3, 0.4) is 0 Å². The van der Waals surface area contributed by atoms with Crippen LogP contribution in [-0.4, -0.2) is 23.9 Å². The summed E-state index contributed by atoms with van der Waals surface area (Å²) in [4.78, 5) is 20.5. The summed E-state index contributed by atoms with van der Waals surface area (Å²) in [5.74, 6) is -0.249. The fraction of sp³-hybridized carbons (Fsp3) is 0.600. The number of rotatable bonds is 2. The van der Waals surface area contributed by atoms with Crippen molar-refractivity contribution in [1.29, 1.82) is 0 Å². The van der Waals surface area contributed by atoms with E-state index in [2.05, 4.69) is 4.74 Å². The standard InChI is InChI=1S/C5H8O3S/c1-4(6)9-3-5(7)8-2/h3H2,1-2H3. The van der Waals surface area contributed by atoms with Crippen LogP contribution in [0.25, 0.3) is 0 Å². The van der Waals surface area contributed by atoms with Crippen LogP contribution in [0.1, 0.15) is 6.92 Å². The molecule has 0 saturated heterocycles. The molecule has 0 N–H and O–H groups in total. The summed E-state index contributed by atoms with van der Waals surface area (Å²) in [6.45, 7) is 1.41. The van der Waals surface area contributed by atoms with Crippen molar-refractivity contribution >= 4 is 22.8 Å². The Hall–Kier alpha value is -0.510. The first-order valence-corrected chi connectivity index (χ1v) is 3.35. The maximum Gasteiger partial charge on any atom is 0.316 e. The molecule has 0 heterocycles. The number of thioether (sulfide) groups is 1. The molecular formula is C5H8O3S. The first kappa shape index (κ1) is 8.49. The normalized spacial score (nSPS) is 8.67. The number of carbonyl (C=O) groups excluding carboxylic acids is 2. The lowest BCUT2D eigenvalue weighted by molar-refractivity contribution is -0.137. The average molecular weight is 148 g/mol. The van der Waals surface area contributed by atoms with Gasteiger partial charge in [-0.05, 0) is 0 Å². The first-order chi connectivity index (χ1) is 4.16. The second kappa shape index (κ2) is 4.38.